The number of phenols is 1. The second kappa shape index (κ2) is 6.31. The number of thiophene rings is 1. The van der Waals surface area contributed by atoms with Crippen LogP contribution in [0, 0.1) is 11.3 Å². The lowest BCUT2D eigenvalue weighted by molar-refractivity contribution is -0.138. The van der Waals surface area contributed by atoms with Gasteiger partial charge < -0.3 is 15.6 Å². The van der Waals surface area contributed by atoms with Gasteiger partial charge in [-0.1, -0.05) is 12.1 Å². The van der Waals surface area contributed by atoms with E-state index in [0.717, 1.165) is 17.0 Å². The van der Waals surface area contributed by atoms with Gasteiger partial charge in [0.2, 0.25) is 11.8 Å². The van der Waals surface area contributed by atoms with Crippen molar-refractivity contribution >= 4 is 11.3 Å². The van der Waals surface area contributed by atoms with Crippen LogP contribution in [0.25, 0.3) is 10.6 Å². The summed E-state index contributed by atoms with van der Waals surface area (Å²) in [5, 5.41) is 27.9. The van der Waals surface area contributed by atoms with Gasteiger partial charge in [0.05, 0.1) is 27.6 Å². The number of aromatic amines is 1. The molecule has 3 heterocycles. The van der Waals surface area contributed by atoms with E-state index in [4.69, 9.17) is 10.5 Å². The average molecular weight is 404 g/mol. The maximum atomic E-state index is 13.3. The monoisotopic (exact) mass is 404 g/mol. The van der Waals surface area contributed by atoms with Gasteiger partial charge in [-0.05, 0) is 29.1 Å². The summed E-state index contributed by atoms with van der Waals surface area (Å²) in [5.74, 6) is -1.98. The number of aromatic nitrogens is 2. The molecule has 2 aromatic heterocycles. The molecule has 0 fully saturated rings. The smallest absolute Gasteiger partial charge is 0.419 e. The Balaban J connectivity index is 1.97. The van der Waals surface area contributed by atoms with Crippen LogP contribution in [0.1, 0.15) is 22.6 Å². The maximum Gasteiger partial charge on any atom is 0.419 e. The molecular weight excluding hydrogens is 393 g/mol. The highest BCUT2D eigenvalue weighted by Crippen LogP contribution is 2.48. The summed E-state index contributed by atoms with van der Waals surface area (Å²) in [7, 11) is 0. The number of phenolic OH excluding ortho intramolecular Hbond substituents is 1. The first-order chi connectivity index (χ1) is 13.3. The molecule has 142 valence electrons. The highest BCUT2D eigenvalue weighted by molar-refractivity contribution is 7.13. The minimum Gasteiger partial charge on any atom is -0.507 e. The van der Waals surface area contributed by atoms with Crippen LogP contribution in [-0.2, 0) is 6.18 Å². The Bertz CT molecular complexity index is 1130. The van der Waals surface area contributed by atoms with Gasteiger partial charge in [0.15, 0.2) is 0 Å². The van der Waals surface area contributed by atoms with Crippen molar-refractivity contribution < 1.29 is 23.0 Å². The molecule has 1 unspecified atom stereocenters. The molecule has 0 amide bonds. The fraction of sp³-hybridized carbons (Fsp3) is 0.111. The molecular formula is C18H11F3N4O2S. The van der Waals surface area contributed by atoms with Gasteiger partial charge in [-0.25, -0.2) is 0 Å². The molecule has 0 bridgehead atoms. The first-order valence-electron chi connectivity index (χ1n) is 7.91. The zero-order valence-corrected chi connectivity index (χ0v) is 14.7. The number of fused-ring (bicyclic) bond motifs is 1. The largest absolute Gasteiger partial charge is 0.507 e. The molecule has 4 N–H and O–H groups in total. The van der Waals surface area contributed by atoms with E-state index in [0.29, 0.717) is 11.3 Å². The number of halogens is 3. The maximum absolute atomic E-state index is 13.3. The number of benzene rings is 1. The van der Waals surface area contributed by atoms with Gasteiger partial charge in [0, 0.05) is 0 Å². The van der Waals surface area contributed by atoms with Gasteiger partial charge in [-0.15, -0.1) is 16.4 Å². The predicted octanol–water partition coefficient (Wildman–Crippen LogP) is 4.08. The number of H-pyrrole nitrogens is 1. The van der Waals surface area contributed by atoms with E-state index in [-0.39, 0.29) is 22.9 Å². The lowest BCUT2D eigenvalue weighted by Gasteiger charge is -2.24. The molecule has 0 aliphatic carbocycles. The van der Waals surface area contributed by atoms with Crippen molar-refractivity contribution in [3.63, 3.8) is 0 Å². The Morgan fingerprint density at radius 3 is 2.75 bits per heavy atom. The zero-order valence-electron chi connectivity index (χ0n) is 13.9. The van der Waals surface area contributed by atoms with Crippen molar-refractivity contribution in [1.82, 2.24) is 10.2 Å². The molecule has 10 heteroatoms. The van der Waals surface area contributed by atoms with Crippen LogP contribution in [0.3, 0.4) is 0 Å². The number of nitriles is 1. The topological polar surface area (TPSA) is 108 Å². The van der Waals surface area contributed by atoms with Crippen LogP contribution in [0.15, 0.2) is 47.2 Å². The van der Waals surface area contributed by atoms with Crippen LogP contribution >= 0.6 is 11.3 Å². The molecule has 1 aliphatic heterocycles. The summed E-state index contributed by atoms with van der Waals surface area (Å²) < 4.78 is 45.3. The number of allylic oxidation sites excluding steroid dienone is 1. The number of hydrogen-bond acceptors (Lipinski definition) is 6. The summed E-state index contributed by atoms with van der Waals surface area (Å²) in [6, 6.07) is 8.62. The first-order valence-corrected chi connectivity index (χ1v) is 8.79. The van der Waals surface area contributed by atoms with Gasteiger partial charge in [0.1, 0.15) is 17.4 Å². The fourth-order valence-electron chi connectivity index (χ4n) is 3.15. The van der Waals surface area contributed by atoms with Crippen LogP contribution < -0.4 is 10.5 Å². The Morgan fingerprint density at radius 2 is 2.11 bits per heavy atom. The highest BCUT2D eigenvalue weighted by atomic mass is 32.1. The lowest BCUT2D eigenvalue weighted by Crippen LogP contribution is -2.21. The summed E-state index contributed by atoms with van der Waals surface area (Å²) in [6.45, 7) is 0. The Morgan fingerprint density at radius 1 is 1.32 bits per heavy atom. The van der Waals surface area contributed by atoms with E-state index in [2.05, 4.69) is 10.2 Å². The molecule has 0 saturated carbocycles. The SMILES string of the molecule is N#CC1=C(N)Oc2n[nH]c(-c3cccs3)c2C1c1ccc(O)c(C(F)(F)F)c1. The van der Waals surface area contributed by atoms with Crippen LogP contribution in [0.2, 0.25) is 0 Å². The normalized spacial score (nSPS) is 16.4. The van der Waals surface area contributed by atoms with Crippen LogP contribution in [0.5, 0.6) is 11.6 Å². The first kappa shape index (κ1) is 17.9. The molecule has 4 rings (SSSR count). The Labute approximate surface area is 160 Å². The summed E-state index contributed by atoms with van der Waals surface area (Å²) in [5.41, 5.74) is 5.66. The van der Waals surface area contributed by atoms with Crippen molar-refractivity contribution in [2.24, 2.45) is 5.73 Å². The second-order valence-corrected chi connectivity index (χ2v) is 6.94. The third kappa shape index (κ3) is 2.76. The molecule has 1 aliphatic rings. The van der Waals surface area contributed by atoms with Crippen molar-refractivity contribution in [3.05, 3.63) is 63.9 Å². The Hall–Kier alpha value is -3.45. The van der Waals surface area contributed by atoms with E-state index < -0.39 is 23.4 Å². The van der Waals surface area contributed by atoms with Crippen molar-refractivity contribution in [2.45, 2.75) is 12.1 Å². The van der Waals surface area contributed by atoms with Crippen LogP contribution in [-0.4, -0.2) is 15.3 Å². The van der Waals surface area contributed by atoms with Gasteiger partial charge in [-0.2, -0.15) is 18.4 Å². The van der Waals surface area contributed by atoms with Gasteiger partial charge in [-0.3, -0.25) is 5.10 Å². The number of ether oxygens (including phenoxy) is 1. The highest BCUT2D eigenvalue weighted by Gasteiger charge is 2.39. The molecule has 6 nitrogen and oxygen atoms in total. The third-order valence-electron chi connectivity index (χ3n) is 4.37. The molecule has 0 saturated heterocycles. The summed E-state index contributed by atoms with van der Waals surface area (Å²) >= 11 is 1.39. The van der Waals surface area contributed by atoms with Crippen LogP contribution in [0.4, 0.5) is 13.2 Å². The molecule has 28 heavy (non-hydrogen) atoms. The molecule has 1 aromatic carbocycles. The average Bonchev–Trinajstić information content (AvgIpc) is 3.29. The second-order valence-electron chi connectivity index (χ2n) is 5.99. The minimum absolute atomic E-state index is 0.0366. The number of alkyl halides is 3. The third-order valence-corrected chi connectivity index (χ3v) is 5.25. The van der Waals surface area contributed by atoms with Crippen molar-refractivity contribution in [1.29, 1.82) is 5.26 Å². The number of nitrogens with two attached hydrogens (primary N) is 1. The number of aromatic hydroxyl groups is 1. The summed E-state index contributed by atoms with van der Waals surface area (Å²) in [6.07, 6.45) is -4.76. The van der Waals surface area contributed by atoms with E-state index in [9.17, 15) is 23.5 Å². The lowest BCUT2D eigenvalue weighted by atomic mass is 9.83. The van der Waals surface area contributed by atoms with E-state index in [1.54, 1.807) is 6.07 Å². The molecule has 1 atom stereocenters. The summed E-state index contributed by atoms with van der Waals surface area (Å²) in [4.78, 5) is 0.773. The van der Waals surface area contributed by atoms with E-state index in [1.165, 1.54) is 17.4 Å². The zero-order chi connectivity index (χ0) is 20.1. The fourth-order valence-corrected chi connectivity index (χ4v) is 3.88. The Kier molecular flexibility index (Phi) is 4.05. The van der Waals surface area contributed by atoms with Crippen molar-refractivity contribution in [3.8, 4) is 28.3 Å². The number of nitrogens with one attached hydrogen (secondary N) is 1. The quantitative estimate of drug-likeness (QED) is 0.596. The van der Waals surface area contributed by atoms with Gasteiger partial charge >= 0.3 is 6.18 Å². The van der Waals surface area contributed by atoms with E-state index in [1.807, 2.05) is 17.5 Å². The number of rotatable bonds is 2. The van der Waals surface area contributed by atoms with Crippen molar-refractivity contribution in [2.75, 3.05) is 0 Å². The molecule has 0 spiro atoms. The number of nitrogens with zero attached hydrogens (tertiary/aromatic N) is 2. The number of hydrogen-bond donors (Lipinski definition) is 3. The standard InChI is InChI=1S/C18H11F3N4O2S/c19-18(20,21)10-6-8(3-4-11(10)26)13-9(7-22)16(23)27-17-14(13)15(24-25-17)12-2-1-5-28-12/h1-6,13,26H,23H2,(H,24,25). The predicted molar refractivity (Wildman–Crippen MR) is 94.3 cm³/mol. The van der Waals surface area contributed by atoms with E-state index >= 15 is 0 Å². The molecule has 3 aromatic rings. The molecule has 0 radical (unpaired) electrons. The van der Waals surface area contributed by atoms with Gasteiger partial charge in [0.25, 0.3) is 0 Å². The minimum atomic E-state index is -4.76.